The predicted molar refractivity (Wildman–Crippen MR) is 121 cm³/mol. The lowest BCUT2D eigenvalue weighted by Gasteiger charge is -2.24. The van der Waals surface area contributed by atoms with Gasteiger partial charge in [-0.1, -0.05) is 17.7 Å². The number of likely N-dealkylation sites (tertiary alicyclic amines) is 1. The quantitative estimate of drug-likeness (QED) is 0.617. The van der Waals surface area contributed by atoms with Gasteiger partial charge in [-0.3, -0.25) is 14.2 Å². The molecule has 1 aliphatic heterocycles. The Balaban J connectivity index is 1.45. The predicted octanol–water partition coefficient (Wildman–Crippen LogP) is 4.27. The van der Waals surface area contributed by atoms with Crippen LogP contribution in [0.4, 0.5) is 20.6 Å². The molecule has 2 aromatic carbocycles. The number of carbonyl (C=O) groups excluding carboxylic acids is 2. The summed E-state index contributed by atoms with van der Waals surface area (Å²) in [5.74, 6) is -1.15. The maximum absolute atomic E-state index is 14.7. The van der Waals surface area contributed by atoms with Crippen molar-refractivity contribution in [2.45, 2.75) is 18.9 Å². The van der Waals surface area contributed by atoms with E-state index in [1.54, 1.807) is 42.5 Å². The average Bonchev–Trinajstić information content (AvgIpc) is 3.27. The van der Waals surface area contributed by atoms with Crippen LogP contribution in [0.15, 0.2) is 71.7 Å². The van der Waals surface area contributed by atoms with Crippen molar-refractivity contribution in [3.63, 3.8) is 0 Å². The van der Waals surface area contributed by atoms with Gasteiger partial charge in [-0.05, 0) is 55.3 Å². The molecule has 0 radical (unpaired) electrons. The Morgan fingerprint density at radius 2 is 1.81 bits per heavy atom. The Labute approximate surface area is 188 Å². The molecule has 2 N–H and O–H groups in total. The molecule has 0 aliphatic carbocycles. The Kier molecular flexibility index (Phi) is 6.23. The molecular formula is C23H20ClFN4O3. The van der Waals surface area contributed by atoms with Crippen LogP contribution in [-0.4, -0.2) is 34.0 Å². The number of rotatable bonds is 4. The van der Waals surface area contributed by atoms with E-state index in [1.165, 1.54) is 33.9 Å². The fraction of sp³-hybridized carbons (Fsp3) is 0.174. The van der Waals surface area contributed by atoms with Crippen LogP contribution < -0.4 is 16.2 Å². The third-order valence-electron chi connectivity index (χ3n) is 5.22. The van der Waals surface area contributed by atoms with Crippen LogP contribution in [0.5, 0.6) is 0 Å². The average molecular weight is 455 g/mol. The number of nitrogens with zero attached hydrogens (tertiary/aromatic N) is 2. The van der Waals surface area contributed by atoms with E-state index in [0.717, 1.165) is 0 Å². The zero-order valence-electron chi connectivity index (χ0n) is 16.9. The van der Waals surface area contributed by atoms with Crippen LogP contribution in [0, 0.1) is 5.82 Å². The molecule has 2 heterocycles. The zero-order valence-corrected chi connectivity index (χ0v) is 17.7. The molecule has 1 saturated heterocycles. The van der Waals surface area contributed by atoms with E-state index in [2.05, 4.69) is 10.6 Å². The standard InChI is InChI=1S/C23H20ClFN4O3/c24-15-6-8-16(9-7-15)26-23(32)29-13-3-4-20(29)22(31)27-19-11-10-17(14-18(19)25)28-12-2-1-5-21(28)30/h1-2,5-12,14,20H,3-4,13H2,(H,26,32)(H,27,31). The maximum atomic E-state index is 14.7. The van der Waals surface area contributed by atoms with Gasteiger partial charge in [0.1, 0.15) is 11.9 Å². The van der Waals surface area contributed by atoms with Crippen molar-refractivity contribution in [3.05, 3.63) is 88.1 Å². The van der Waals surface area contributed by atoms with Crippen LogP contribution in [0.25, 0.3) is 5.69 Å². The first kappa shape index (κ1) is 21.6. The summed E-state index contributed by atoms with van der Waals surface area (Å²) >= 11 is 5.86. The van der Waals surface area contributed by atoms with Crippen LogP contribution in [0.2, 0.25) is 5.02 Å². The number of pyridine rings is 1. The minimum Gasteiger partial charge on any atom is -0.322 e. The molecule has 0 saturated carbocycles. The number of amides is 3. The van der Waals surface area contributed by atoms with Crippen LogP contribution >= 0.6 is 11.6 Å². The minimum absolute atomic E-state index is 0.0207. The summed E-state index contributed by atoms with van der Waals surface area (Å²) in [6, 6.07) is 14.3. The summed E-state index contributed by atoms with van der Waals surface area (Å²) in [5, 5.41) is 5.85. The van der Waals surface area contributed by atoms with Crippen molar-refractivity contribution < 1.29 is 14.0 Å². The first-order valence-electron chi connectivity index (χ1n) is 10.0. The molecule has 1 fully saturated rings. The monoisotopic (exact) mass is 454 g/mol. The van der Waals surface area contributed by atoms with Gasteiger partial charge in [0, 0.05) is 35.6 Å². The Bertz CT molecular complexity index is 1210. The summed E-state index contributed by atoms with van der Waals surface area (Å²) < 4.78 is 16.0. The summed E-state index contributed by atoms with van der Waals surface area (Å²) in [6.07, 6.45) is 2.66. The molecule has 1 unspecified atom stereocenters. The van der Waals surface area contributed by atoms with Gasteiger partial charge in [-0.25, -0.2) is 9.18 Å². The van der Waals surface area contributed by atoms with E-state index in [9.17, 15) is 18.8 Å². The number of hydrogen-bond donors (Lipinski definition) is 2. The molecular weight excluding hydrogens is 435 g/mol. The number of carbonyl (C=O) groups is 2. The number of halogens is 2. The third kappa shape index (κ3) is 4.65. The smallest absolute Gasteiger partial charge is 0.322 e. The molecule has 0 spiro atoms. The fourth-order valence-electron chi connectivity index (χ4n) is 3.62. The van der Waals surface area contributed by atoms with Gasteiger partial charge in [0.2, 0.25) is 5.91 Å². The lowest BCUT2D eigenvalue weighted by Crippen LogP contribution is -2.45. The van der Waals surface area contributed by atoms with Crippen molar-refractivity contribution >= 4 is 34.9 Å². The van der Waals surface area contributed by atoms with E-state index in [4.69, 9.17) is 11.6 Å². The van der Waals surface area contributed by atoms with Crippen molar-refractivity contribution in [1.29, 1.82) is 0 Å². The zero-order chi connectivity index (χ0) is 22.7. The van der Waals surface area contributed by atoms with E-state index < -0.39 is 23.8 Å². The lowest BCUT2D eigenvalue weighted by atomic mass is 10.2. The topological polar surface area (TPSA) is 83.4 Å². The fourth-order valence-corrected chi connectivity index (χ4v) is 3.75. The normalized spacial score (nSPS) is 15.4. The third-order valence-corrected chi connectivity index (χ3v) is 5.47. The van der Waals surface area contributed by atoms with E-state index in [1.807, 2.05) is 0 Å². The second-order valence-electron chi connectivity index (χ2n) is 7.35. The molecule has 7 nitrogen and oxygen atoms in total. The summed E-state index contributed by atoms with van der Waals surface area (Å²) in [6.45, 7) is 0.413. The van der Waals surface area contributed by atoms with Crippen molar-refractivity contribution in [2.75, 3.05) is 17.2 Å². The van der Waals surface area contributed by atoms with Crippen molar-refractivity contribution in [2.24, 2.45) is 0 Å². The molecule has 3 amide bonds. The van der Waals surface area contributed by atoms with Gasteiger partial charge in [0.25, 0.3) is 5.56 Å². The second-order valence-corrected chi connectivity index (χ2v) is 7.79. The van der Waals surface area contributed by atoms with Crippen LogP contribution in [-0.2, 0) is 4.79 Å². The number of aromatic nitrogens is 1. The number of urea groups is 1. The van der Waals surface area contributed by atoms with E-state index >= 15 is 0 Å². The lowest BCUT2D eigenvalue weighted by molar-refractivity contribution is -0.119. The first-order valence-corrected chi connectivity index (χ1v) is 10.4. The number of hydrogen-bond acceptors (Lipinski definition) is 3. The highest BCUT2D eigenvalue weighted by Crippen LogP contribution is 2.23. The largest absolute Gasteiger partial charge is 0.322 e. The van der Waals surface area contributed by atoms with Gasteiger partial charge in [0.05, 0.1) is 11.4 Å². The molecule has 164 valence electrons. The van der Waals surface area contributed by atoms with Crippen molar-refractivity contribution in [1.82, 2.24) is 9.47 Å². The number of anilines is 2. The Morgan fingerprint density at radius 1 is 1.03 bits per heavy atom. The molecule has 32 heavy (non-hydrogen) atoms. The molecule has 1 aliphatic rings. The highest BCUT2D eigenvalue weighted by Gasteiger charge is 2.34. The Morgan fingerprint density at radius 3 is 2.53 bits per heavy atom. The van der Waals surface area contributed by atoms with Gasteiger partial charge < -0.3 is 15.5 Å². The highest BCUT2D eigenvalue weighted by atomic mass is 35.5. The van der Waals surface area contributed by atoms with Crippen LogP contribution in [0.3, 0.4) is 0 Å². The molecule has 9 heteroatoms. The summed E-state index contributed by atoms with van der Waals surface area (Å²) in [4.78, 5) is 38.8. The second kappa shape index (κ2) is 9.23. The maximum Gasteiger partial charge on any atom is 0.322 e. The molecule has 3 aromatic rings. The summed E-state index contributed by atoms with van der Waals surface area (Å²) in [5.41, 5.74) is 0.587. The van der Waals surface area contributed by atoms with Gasteiger partial charge in [0.15, 0.2) is 0 Å². The molecule has 1 atom stereocenters. The Hall–Kier alpha value is -3.65. The van der Waals surface area contributed by atoms with Gasteiger partial charge in [-0.2, -0.15) is 0 Å². The molecule has 0 bridgehead atoms. The van der Waals surface area contributed by atoms with Gasteiger partial charge >= 0.3 is 6.03 Å². The first-order chi connectivity index (χ1) is 15.4. The number of benzene rings is 2. The molecule has 1 aromatic heterocycles. The molecule has 4 rings (SSSR count). The van der Waals surface area contributed by atoms with Crippen LogP contribution in [0.1, 0.15) is 12.8 Å². The van der Waals surface area contributed by atoms with Crippen molar-refractivity contribution in [3.8, 4) is 5.69 Å². The minimum atomic E-state index is -0.724. The highest BCUT2D eigenvalue weighted by molar-refractivity contribution is 6.30. The summed E-state index contributed by atoms with van der Waals surface area (Å²) in [7, 11) is 0. The van der Waals surface area contributed by atoms with Gasteiger partial charge in [-0.15, -0.1) is 0 Å². The van der Waals surface area contributed by atoms with E-state index in [0.29, 0.717) is 35.8 Å². The van der Waals surface area contributed by atoms with E-state index in [-0.39, 0.29) is 11.2 Å². The number of nitrogens with one attached hydrogen (secondary N) is 2. The SMILES string of the molecule is O=C(Nc1ccc(-n2ccccc2=O)cc1F)C1CCCN1C(=O)Nc1ccc(Cl)cc1.